The average Bonchev–Trinajstić information content (AvgIpc) is 2.41. The summed E-state index contributed by atoms with van der Waals surface area (Å²) < 4.78 is 37.6. The van der Waals surface area contributed by atoms with Crippen molar-refractivity contribution in [2.75, 3.05) is 0 Å². The number of benzene rings is 2. The quantitative estimate of drug-likeness (QED) is 0.686. The van der Waals surface area contributed by atoms with Gasteiger partial charge in [0.25, 0.3) is 0 Å². The van der Waals surface area contributed by atoms with Crippen LogP contribution < -0.4 is 0 Å². The SMILES string of the molecule is Cc1cc(Cl)c(O)c(/C=N/c2ccc(C(F)(F)F)cc2Cl)c1. The smallest absolute Gasteiger partial charge is 0.416 e. The summed E-state index contributed by atoms with van der Waals surface area (Å²) in [6, 6.07) is 6.08. The van der Waals surface area contributed by atoms with E-state index in [2.05, 4.69) is 4.99 Å². The number of aromatic hydroxyl groups is 1. The minimum Gasteiger partial charge on any atom is -0.506 e. The molecule has 0 atom stereocenters. The third kappa shape index (κ3) is 3.72. The van der Waals surface area contributed by atoms with Gasteiger partial charge in [-0.2, -0.15) is 13.2 Å². The highest BCUT2D eigenvalue weighted by atomic mass is 35.5. The highest BCUT2D eigenvalue weighted by molar-refractivity contribution is 6.33. The number of halogens is 5. The number of hydrogen-bond donors (Lipinski definition) is 1. The third-order valence-corrected chi connectivity index (χ3v) is 3.45. The molecule has 0 radical (unpaired) electrons. The monoisotopic (exact) mass is 347 g/mol. The van der Waals surface area contributed by atoms with Crippen LogP contribution in [0, 0.1) is 6.92 Å². The molecule has 7 heteroatoms. The van der Waals surface area contributed by atoms with Crippen LogP contribution in [-0.4, -0.2) is 11.3 Å². The van der Waals surface area contributed by atoms with Crippen LogP contribution in [0.2, 0.25) is 10.0 Å². The minimum absolute atomic E-state index is 0.135. The van der Waals surface area contributed by atoms with Crippen LogP contribution in [0.1, 0.15) is 16.7 Å². The first kappa shape index (κ1) is 16.6. The molecule has 1 N–H and O–H groups in total. The number of hydrogen-bond acceptors (Lipinski definition) is 2. The molecule has 0 spiro atoms. The average molecular weight is 348 g/mol. The van der Waals surface area contributed by atoms with E-state index >= 15 is 0 Å². The Bertz CT molecular complexity index is 742. The van der Waals surface area contributed by atoms with Crippen molar-refractivity contribution >= 4 is 35.1 Å². The van der Waals surface area contributed by atoms with Crippen LogP contribution in [0.15, 0.2) is 35.3 Å². The lowest BCUT2D eigenvalue weighted by Crippen LogP contribution is -2.04. The zero-order chi connectivity index (χ0) is 16.5. The fraction of sp³-hybridized carbons (Fsp3) is 0.133. The van der Waals surface area contributed by atoms with E-state index in [1.165, 1.54) is 6.21 Å². The summed E-state index contributed by atoms with van der Waals surface area (Å²) in [6.45, 7) is 1.79. The third-order valence-electron chi connectivity index (χ3n) is 2.85. The van der Waals surface area contributed by atoms with Crippen molar-refractivity contribution in [3.8, 4) is 5.75 Å². The Labute approximate surface area is 134 Å². The molecule has 0 fully saturated rings. The Balaban J connectivity index is 2.35. The van der Waals surface area contributed by atoms with Gasteiger partial charge in [-0.15, -0.1) is 0 Å². The van der Waals surface area contributed by atoms with Gasteiger partial charge in [0, 0.05) is 11.8 Å². The van der Waals surface area contributed by atoms with Crippen LogP contribution in [0.5, 0.6) is 5.75 Å². The number of phenols is 1. The van der Waals surface area contributed by atoms with Crippen LogP contribution in [0.3, 0.4) is 0 Å². The molecule has 0 amide bonds. The molecular formula is C15H10Cl2F3NO. The lowest BCUT2D eigenvalue weighted by molar-refractivity contribution is -0.137. The standard InChI is InChI=1S/C15H10Cl2F3NO/c1-8-4-9(14(22)12(17)5-8)7-21-13-3-2-10(6-11(13)16)15(18,19)20/h2-7,22H,1H3/b21-7+. The molecule has 0 bridgehead atoms. The number of alkyl halides is 3. The molecule has 2 aromatic carbocycles. The number of nitrogens with zero attached hydrogens (tertiary/aromatic N) is 1. The fourth-order valence-electron chi connectivity index (χ4n) is 1.79. The second kappa shape index (κ2) is 6.18. The first-order valence-electron chi connectivity index (χ1n) is 6.08. The first-order chi connectivity index (χ1) is 10.2. The van der Waals surface area contributed by atoms with Crippen molar-refractivity contribution in [1.29, 1.82) is 0 Å². The largest absolute Gasteiger partial charge is 0.506 e. The second-order valence-electron chi connectivity index (χ2n) is 4.61. The Kier molecular flexibility index (Phi) is 4.68. The van der Waals surface area contributed by atoms with Gasteiger partial charge in [-0.25, -0.2) is 0 Å². The van der Waals surface area contributed by atoms with E-state index in [1.54, 1.807) is 19.1 Å². The van der Waals surface area contributed by atoms with Gasteiger partial charge in [-0.3, -0.25) is 4.99 Å². The van der Waals surface area contributed by atoms with Gasteiger partial charge in [0.05, 0.1) is 21.3 Å². The summed E-state index contributed by atoms with van der Waals surface area (Å²) in [5.41, 5.74) is 0.466. The molecule has 0 aliphatic carbocycles. The summed E-state index contributed by atoms with van der Waals surface area (Å²) in [7, 11) is 0. The molecule has 0 saturated heterocycles. The van der Waals surface area contributed by atoms with Crippen molar-refractivity contribution in [2.45, 2.75) is 13.1 Å². The molecule has 2 nitrogen and oxygen atoms in total. The van der Waals surface area contributed by atoms with Crippen LogP contribution in [0.25, 0.3) is 0 Å². The van der Waals surface area contributed by atoms with Crippen LogP contribution >= 0.6 is 23.2 Å². The lowest BCUT2D eigenvalue weighted by Gasteiger charge is -2.08. The Morgan fingerprint density at radius 3 is 2.36 bits per heavy atom. The van der Waals surface area contributed by atoms with E-state index in [-0.39, 0.29) is 21.5 Å². The van der Waals surface area contributed by atoms with E-state index in [0.717, 1.165) is 23.8 Å². The number of phenolic OH excluding ortho intramolecular Hbond substituents is 1. The Morgan fingerprint density at radius 2 is 1.77 bits per heavy atom. The molecule has 116 valence electrons. The van der Waals surface area contributed by atoms with Crippen molar-refractivity contribution < 1.29 is 18.3 Å². The minimum atomic E-state index is -4.46. The van der Waals surface area contributed by atoms with Gasteiger partial charge in [0.2, 0.25) is 0 Å². The normalized spacial score (nSPS) is 12.1. The molecule has 0 aromatic heterocycles. The van der Waals surface area contributed by atoms with Crippen molar-refractivity contribution in [3.05, 3.63) is 57.1 Å². The van der Waals surface area contributed by atoms with Crippen LogP contribution in [0.4, 0.5) is 18.9 Å². The maximum Gasteiger partial charge on any atom is 0.416 e. The van der Waals surface area contributed by atoms with Gasteiger partial charge in [-0.1, -0.05) is 23.2 Å². The topological polar surface area (TPSA) is 32.6 Å². The lowest BCUT2D eigenvalue weighted by atomic mass is 10.1. The molecule has 22 heavy (non-hydrogen) atoms. The summed E-state index contributed by atoms with van der Waals surface area (Å²) in [5.74, 6) is -0.154. The van der Waals surface area contributed by atoms with Crippen molar-refractivity contribution in [1.82, 2.24) is 0 Å². The second-order valence-corrected chi connectivity index (χ2v) is 5.42. The van der Waals surface area contributed by atoms with E-state index in [4.69, 9.17) is 23.2 Å². The van der Waals surface area contributed by atoms with Gasteiger partial charge >= 0.3 is 6.18 Å². The van der Waals surface area contributed by atoms with Crippen molar-refractivity contribution in [3.63, 3.8) is 0 Å². The van der Waals surface area contributed by atoms with Gasteiger partial charge in [0.15, 0.2) is 0 Å². The van der Waals surface area contributed by atoms with E-state index in [1.807, 2.05) is 0 Å². The van der Waals surface area contributed by atoms with Crippen LogP contribution in [-0.2, 0) is 6.18 Å². The molecule has 0 heterocycles. The molecular weight excluding hydrogens is 338 g/mol. The predicted octanol–water partition coefficient (Wildman–Crippen LogP) is 5.78. The van der Waals surface area contributed by atoms with Crippen molar-refractivity contribution in [2.24, 2.45) is 4.99 Å². The zero-order valence-corrected chi connectivity index (χ0v) is 12.8. The summed E-state index contributed by atoms with van der Waals surface area (Å²) >= 11 is 11.6. The molecule has 2 aromatic rings. The molecule has 0 unspecified atom stereocenters. The maximum atomic E-state index is 12.5. The maximum absolute atomic E-state index is 12.5. The zero-order valence-electron chi connectivity index (χ0n) is 11.2. The molecule has 0 aliphatic rings. The molecule has 0 saturated carbocycles. The highest BCUT2D eigenvalue weighted by Gasteiger charge is 2.30. The van der Waals surface area contributed by atoms with Gasteiger partial charge in [-0.05, 0) is 42.8 Å². The number of rotatable bonds is 2. The van der Waals surface area contributed by atoms with E-state index in [0.29, 0.717) is 5.56 Å². The van der Waals surface area contributed by atoms with Gasteiger partial charge in [0.1, 0.15) is 5.75 Å². The Hall–Kier alpha value is -1.72. The summed E-state index contributed by atoms with van der Waals surface area (Å²) in [4.78, 5) is 4.00. The first-order valence-corrected chi connectivity index (χ1v) is 6.84. The highest BCUT2D eigenvalue weighted by Crippen LogP contribution is 2.35. The number of aryl methyl sites for hydroxylation is 1. The predicted molar refractivity (Wildman–Crippen MR) is 81.6 cm³/mol. The van der Waals surface area contributed by atoms with E-state index in [9.17, 15) is 18.3 Å². The summed E-state index contributed by atoms with van der Waals surface area (Å²) in [6.07, 6.45) is -3.17. The fourth-order valence-corrected chi connectivity index (χ4v) is 2.30. The Morgan fingerprint density at radius 1 is 1.09 bits per heavy atom. The molecule has 2 rings (SSSR count). The number of aliphatic imine (C=N–C) groups is 1. The summed E-state index contributed by atoms with van der Waals surface area (Å²) in [5, 5.41) is 9.85. The van der Waals surface area contributed by atoms with Gasteiger partial charge < -0.3 is 5.11 Å². The van der Waals surface area contributed by atoms with E-state index < -0.39 is 11.7 Å². The molecule has 0 aliphatic heterocycles.